The van der Waals surface area contributed by atoms with Gasteiger partial charge in [-0.2, -0.15) is 5.10 Å². The Balaban J connectivity index is 1.87. The number of aliphatic hydroxyl groups is 1. The van der Waals surface area contributed by atoms with Gasteiger partial charge in [0.25, 0.3) is 0 Å². The molecule has 2 N–H and O–H groups in total. The molecule has 3 atom stereocenters. The Labute approximate surface area is 123 Å². The highest BCUT2D eigenvalue weighted by Gasteiger charge is 2.24. The summed E-state index contributed by atoms with van der Waals surface area (Å²) in [6.45, 7) is 3.35. The summed E-state index contributed by atoms with van der Waals surface area (Å²) >= 11 is 3.41. The largest absolute Gasteiger partial charge is 0.396 e. The molecule has 1 aromatic rings. The van der Waals surface area contributed by atoms with Crippen LogP contribution >= 0.6 is 15.9 Å². The minimum atomic E-state index is 0.303. The Bertz CT molecular complexity index is 383. The maximum atomic E-state index is 9.53. The molecule has 0 aliphatic heterocycles. The van der Waals surface area contributed by atoms with Gasteiger partial charge in [-0.1, -0.05) is 19.3 Å². The standard InChI is InChI=1S/C14H24BrN3O/c1-11(8-18-9-13(15)7-16-18)17-14-6-4-2-3-5-12(14)10-19/h7,9,11-12,14,17,19H,2-6,8,10H2,1H3. The van der Waals surface area contributed by atoms with Crippen molar-refractivity contribution in [3.63, 3.8) is 0 Å². The fourth-order valence-corrected chi connectivity index (χ4v) is 3.29. The molecule has 108 valence electrons. The van der Waals surface area contributed by atoms with Crippen molar-refractivity contribution in [2.75, 3.05) is 6.61 Å². The topological polar surface area (TPSA) is 50.1 Å². The van der Waals surface area contributed by atoms with Gasteiger partial charge in [-0.25, -0.2) is 0 Å². The highest BCUT2D eigenvalue weighted by molar-refractivity contribution is 9.10. The summed E-state index contributed by atoms with van der Waals surface area (Å²) in [5.41, 5.74) is 0. The van der Waals surface area contributed by atoms with Crippen molar-refractivity contribution in [1.29, 1.82) is 0 Å². The molecule has 0 radical (unpaired) electrons. The van der Waals surface area contributed by atoms with Crippen LogP contribution in [0.4, 0.5) is 0 Å². The number of hydrogen-bond acceptors (Lipinski definition) is 3. The molecule has 0 spiro atoms. The lowest BCUT2D eigenvalue weighted by molar-refractivity contribution is 0.173. The SMILES string of the molecule is CC(Cn1cc(Br)cn1)NC1CCCCCC1CO. The number of aromatic nitrogens is 2. The molecule has 3 unspecified atom stereocenters. The first kappa shape index (κ1) is 15.0. The van der Waals surface area contributed by atoms with Crippen LogP contribution in [0.5, 0.6) is 0 Å². The fraction of sp³-hybridized carbons (Fsp3) is 0.786. The molecule has 0 aromatic carbocycles. The summed E-state index contributed by atoms with van der Waals surface area (Å²) in [6, 6.07) is 0.811. The number of rotatable bonds is 5. The van der Waals surface area contributed by atoms with E-state index in [0.717, 1.165) is 17.4 Å². The van der Waals surface area contributed by atoms with E-state index in [2.05, 4.69) is 33.3 Å². The lowest BCUT2D eigenvalue weighted by atomic mass is 9.95. The van der Waals surface area contributed by atoms with Crippen molar-refractivity contribution in [2.45, 2.75) is 57.7 Å². The minimum absolute atomic E-state index is 0.303. The number of hydrogen-bond donors (Lipinski definition) is 2. The predicted octanol–water partition coefficient (Wildman–Crippen LogP) is 2.56. The second-order valence-corrected chi connectivity index (χ2v) is 6.55. The molecule has 1 heterocycles. The molecule has 1 aromatic heterocycles. The van der Waals surface area contributed by atoms with Crippen LogP contribution in [0, 0.1) is 5.92 Å². The van der Waals surface area contributed by atoms with Crippen molar-refractivity contribution in [3.05, 3.63) is 16.9 Å². The Kier molecular flexibility index (Phi) is 5.85. The third-order valence-corrected chi connectivity index (χ3v) is 4.36. The monoisotopic (exact) mass is 329 g/mol. The zero-order chi connectivity index (χ0) is 13.7. The minimum Gasteiger partial charge on any atom is -0.396 e. The molecule has 1 fully saturated rings. The average Bonchev–Trinajstić information content (AvgIpc) is 2.65. The lowest BCUT2D eigenvalue weighted by Gasteiger charge is -2.28. The molecule has 1 aliphatic carbocycles. The van der Waals surface area contributed by atoms with Gasteiger partial charge in [0, 0.05) is 24.9 Å². The maximum Gasteiger partial charge on any atom is 0.0632 e. The van der Waals surface area contributed by atoms with E-state index >= 15 is 0 Å². The summed E-state index contributed by atoms with van der Waals surface area (Å²) in [4.78, 5) is 0. The Hall–Kier alpha value is -0.390. The lowest BCUT2D eigenvalue weighted by Crippen LogP contribution is -2.44. The van der Waals surface area contributed by atoms with E-state index in [1.807, 2.05) is 17.1 Å². The molecular weight excluding hydrogens is 306 g/mol. The maximum absolute atomic E-state index is 9.53. The first-order valence-electron chi connectivity index (χ1n) is 7.24. The Morgan fingerprint density at radius 1 is 1.47 bits per heavy atom. The number of nitrogens with zero attached hydrogens (tertiary/aromatic N) is 2. The van der Waals surface area contributed by atoms with Crippen LogP contribution in [-0.2, 0) is 6.54 Å². The van der Waals surface area contributed by atoms with E-state index in [1.165, 1.54) is 25.7 Å². The van der Waals surface area contributed by atoms with Crippen LogP contribution in [0.15, 0.2) is 16.9 Å². The van der Waals surface area contributed by atoms with Crippen LogP contribution in [0.25, 0.3) is 0 Å². The van der Waals surface area contributed by atoms with E-state index in [4.69, 9.17) is 0 Å². The number of halogens is 1. The van der Waals surface area contributed by atoms with Gasteiger partial charge in [-0.15, -0.1) is 0 Å². The average molecular weight is 330 g/mol. The van der Waals surface area contributed by atoms with E-state index in [9.17, 15) is 5.11 Å². The van der Waals surface area contributed by atoms with Gasteiger partial charge in [-0.05, 0) is 41.6 Å². The molecular formula is C14H24BrN3O. The first-order chi connectivity index (χ1) is 9.19. The molecule has 5 heteroatoms. The fourth-order valence-electron chi connectivity index (χ4n) is 2.96. The van der Waals surface area contributed by atoms with Crippen LogP contribution in [-0.4, -0.2) is 33.6 Å². The molecule has 0 saturated heterocycles. The van der Waals surface area contributed by atoms with Crippen LogP contribution in [0.2, 0.25) is 0 Å². The Morgan fingerprint density at radius 3 is 2.95 bits per heavy atom. The molecule has 0 bridgehead atoms. The number of aliphatic hydroxyl groups excluding tert-OH is 1. The number of nitrogens with one attached hydrogen (secondary N) is 1. The van der Waals surface area contributed by atoms with E-state index in [1.54, 1.807) is 0 Å². The van der Waals surface area contributed by atoms with Gasteiger partial charge < -0.3 is 10.4 Å². The van der Waals surface area contributed by atoms with Crippen molar-refractivity contribution in [3.8, 4) is 0 Å². The zero-order valence-corrected chi connectivity index (χ0v) is 13.1. The van der Waals surface area contributed by atoms with Crippen molar-refractivity contribution >= 4 is 15.9 Å². The van der Waals surface area contributed by atoms with Crippen molar-refractivity contribution in [1.82, 2.24) is 15.1 Å². The molecule has 19 heavy (non-hydrogen) atoms. The molecule has 2 rings (SSSR count). The van der Waals surface area contributed by atoms with Crippen LogP contribution in [0.3, 0.4) is 0 Å². The van der Waals surface area contributed by atoms with E-state index in [-0.39, 0.29) is 0 Å². The highest BCUT2D eigenvalue weighted by atomic mass is 79.9. The first-order valence-corrected chi connectivity index (χ1v) is 8.03. The van der Waals surface area contributed by atoms with Gasteiger partial charge in [0.2, 0.25) is 0 Å². The second kappa shape index (κ2) is 7.41. The van der Waals surface area contributed by atoms with Crippen molar-refractivity contribution < 1.29 is 5.11 Å². The van der Waals surface area contributed by atoms with Crippen molar-refractivity contribution in [2.24, 2.45) is 5.92 Å². The quantitative estimate of drug-likeness (QED) is 0.816. The van der Waals surface area contributed by atoms with Gasteiger partial charge >= 0.3 is 0 Å². The van der Waals surface area contributed by atoms with Crippen LogP contribution < -0.4 is 5.32 Å². The summed E-state index contributed by atoms with van der Waals surface area (Å²) in [5, 5.41) is 17.5. The van der Waals surface area contributed by atoms with Gasteiger partial charge in [0.05, 0.1) is 17.2 Å². The normalized spacial score (nSPS) is 26.1. The molecule has 1 saturated carbocycles. The smallest absolute Gasteiger partial charge is 0.0632 e. The molecule has 1 aliphatic rings. The molecule has 4 nitrogen and oxygen atoms in total. The van der Waals surface area contributed by atoms with Gasteiger partial charge in [-0.3, -0.25) is 4.68 Å². The van der Waals surface area contributed by atoms with Gasteiger partial charge in [0.15, 0.2) is 0 Å². The second-order valence-electron chi connectivity index (χ2n) is 5.64. The van der Waals surface area contributed by atoms with E-state index in [0.29, 0.717) is 24.6 Å². The highest BCUT2D eigenvalue weighted by Crippen LogP contribution is 2.23. The summed E-state index contributed by atoms with van der Waals surface area (Å²) in [6.07, 6.45) is 9.96. The Morgan fingerprint density at radius 2 is 2.26 bits per heavy atom. The van der Waals surface area contributed by atoms with E-state index < -0.39 is 0 Å². The zero-order valence-electron chi connectivity index (χ0n) is 11.6. The van der Waals surface area contributed by atoms with Crippen LogP contribution in [0.1, 0.15) is 39.0 Å². The molecule has 0 amide bonds. The predicted molar refractivity (Wildman–Crippen MR) is 80.0 cm³/mol. The summed E-state index contributed by atoms with van der Waals surface area (Å²) in [7, 11) is 0. The van der Waals surface area contributed by atoms with Gasteiger partial charge in [0.1, 0.15) is 0 Å². The summed E-state index contributed by atoms with van der Waals surface area (Å²) in [5.74, 6) is 0.411. The third-order valence-electron chi connectivity index (χ3n) is 3.95. The third kappa shape index (κ3) is 4.58. The summed E-state index contributed by atoms with van der Waals surface area (Å²) < 4.78 is 2.97.